The van der Waals surface area contributed by atoms with Crippen molar-refractivity contribution in [2.75, 3.05) is 5.33 Å². The number of aryl methyl sites for hydroxylation is 1. The Labute approximate surface area is 120 Å². The van der Waals surface area contributed by atoms with E-state index in [-0.39, 0.29) is 22.7 Å². The topological polar surface area (TPSA) is 43.1 Å². The van der Waals surface area contributed by atoms with Crippen molar-refractivity contribution in [1.29, 1.82) is 0 Å². The minimum absolute atomic E-state index is 0.104. The molecule has 0 atom stereocenters. The first kappa shape index (κ1) is 14.8. The lowest BCUT2D eigenvalue weighted by Gasteiger charge is -2.05. The summed E-state index contributed by atoms with van der Waals surface area (Å²) in [4.78, 5) is 15.6. The molecule has 2 aromatic rings. The SMILES string of the molecule is Cc1oc(-c2ccc(C(F)(F)F)cc2)nc1C(=O)CBr. The number of ketones is 1. The number of hydrogen-bond donors (Lipinski definition) is 0. The maximum absolute atomic E-state index is 12.5. The molecule has 0 amide bonds. The molecule has 20 heavy (non-hydrogen) atoms. The predicted octanol–water partition coefficient (Wildman–Crippen LogP) is 4.25. The number of Topliss-reactive ketones (excluding diaryl/α,β-unsaturated/α-hetero) is 1. The Morgan fingerprint density at radius 2 is 1.90 bits per heavy atom. The summed E-state index contributed by atoms with van der Waals surface area (Å²) in [5.74, 6) is 0.217. The highest BCUT2D eigenvalue weighted by molar-refractivity contribution is 9.09. The number of aromatic nitrogens is 1. The summed E-state index contributed by atoms with van der Waals surface area (Å²) in [6.45, 7) is 1.58. The molecule has 0 bridgehead atoms. The van der Waals surface area contributed by atoms with E-state index in [1.54, 1.807) is 6.92 Å². The highest BCUT2D eigenvalue weighted by Gasteiger charge is 2.30. The Morgan fingerprint density at radius 1 is 1.30 bits per heavy atom. The van der Waals surface area contributed by atoms with Crippen LogP contribution in [0.25, 0.3) is 11.5 Å². The van der Waals surface area contributed by atoms with E-state index < -0.39 is 11.7 Å². The van der Waals surface area contributed by atoms with E-state index in [9.17, 15) is 18.0 Å². The van der Waals surface area contributed by atoms with Gasteiger partial charge in [0.05, 0.1) is 10.9 Å². The number of alkyl halides is 4. The Hall–Kier alpha value is -1.63. The highest BCUT2D eigenvalue weighted by Crippen LogP contribution is 2.31. The molecule has 3 nitrogen and oxygen atoms in total. The van der Waals surface area contributed by atoms with Gasteiger partial charge in [-0.25, -0.2) is 4.98 Å². The van der Waals surface area contributed by atoms with Crippen molar-refractivity contribution in [3.63, 3.8) is 0 Å². The van der Waals surface area contributed by atoms with Crippen molar-refractivity contribution in [2.24, 2.45) is 0 Å². The summed E-state index contributed by atoms with van der Waals surface area (Å²) in [7, 11) is 0. The summed E-state index contributed by atoms with van der Waals surface area (Å²) in [5, 5.41) is 0.104. The van der Waals surface area contributed by atoms with Crippen LogP contribution < -0.4 is 0 Å². The second kappa shape index (κ2) is 5.40. The second-order valence-electron chi connectivity index (χ2n) is 4.06. The van der Waals surface area contributed by atoms with Crippen LogP contribution >= 0.6 is 15.9 Å². The van der Waals surface area contributed by atoms with Crippen molar-refractivity contribution in [2.45, 2.75) is 13.1 Å². The van der Waals surface area contributed by atoms with Crippen LogP contribution in [-0.2, 0) is 6.18 Å². The molecule has 0 unspecified atom stereocenters. The zero-order chi connectivity index (χ0) is 14.9. The fraction of sp³-hybridized carbons (Fsp3) is 0.231. The number of benzene rings is 1. The number of nitrogens with zero attached hydrogens (tertiary/aromatic N) is 1. The molecule has 0 aliphatic carbocycles. The van der Waals surface area contributed by atoms with Crippen LogP contribution in [0.15, 0.2) is 28.7 Å². The lowest BCUT2D eigenvalue weighted by molar-refractivity contribution is -0.137. The normalized spacial score (nSPS) is 11.7. The molecule has 0 N–H and O–H groups in total. The first-order chi connectivity index (χ1) is 9.32. The third-order valence-electron chi connectivity index (χ3n) is 2.64. The molecule has 0 aliphatic rings. The van der Waals surface area contributed by atoms with Crippen molar-refractivity contribution >= 4 is 21.7 Å². The average Bonchev–Trinajstić information content (AvgIpc) is 2.79. The Morgan fingerprint density at radius 3 is 2.40 bits per heavy atom. The lowest BCUT2D eigenvalue weighted by Crippen LogP contribution is -2.04. The molecule has 1 heterocycles. The van der Waals surface area contributed by atoms with Crippen LogP contribution in [0, 0.1) is 6.92 Å². The number of carbonyl (C=O) groups excluding carboxylic acids is 1. The van der Waals surface area contributed by atoms with Crippen LogP contribution in [0.5, 0.6) is 0 Å². The third kappa shape index (κ3) is 2.92. The first-order valence-corrected chi connectivity index (χ1v) is 6.69. The molecule has 2 rings (SSSR count). The number of rotatable bonds is 3. The average molecular weight is 348 g/mol. The standard InChI is InChI=1S/C13H9BrF3NO2/c1-7-11(10(19)6-14)18-12(20-7)8-2-4-9(5-3-8)13(15,16)17/h2-5H,6H2,1H3. The van der Waals surface area contributed by atoms with Crippen LogP contribution in [-0.4, -0.2) is 16.1 Å². The van der Waals surface area contributed by atoms with Gasteiger partial charge in [0.25, 0.3) is 0 Å². The van der Waals surface area contributed by atoms with E-state index >= 15 is 0 Å². The van der Waals surface area contributed by atoms with Crippen LogP contribution in [0.3, 0.4) is 0 Å². The molecular formula is C13H9BrF3NO2. The molecular weight excluding hydrogens is 339 g/mol. The summed E-state index contributed by atoms with van der Waals surface area (Å²) >= 11 is 3.03. The monoisotopic (exact) mass is 347 g/mol. The third-order valence-corrected chi connectivity index (χ3v) is 3.15. The van der Waals surface area contributed by atoms with E-state index in [4.69, 9.17) is 4.42 Å². The summed E-state index contributed by atoms with van der Waals surface area (Å²) in [6.07, 6.45) is -4.39. The molecule has 1 aromatic heterocycles. The largest absolute Gasteiger partial charge is 0.441 e. The van der Waals surface area contributed by atoms with Gasteiger partial charge in [0.1, 0.15) is 11.5 Å². The fourth-order valence-electron chi connectivity index (χ4n) is 1.64. The molecule has 0 saturated heterocycles. The Balaban J connectivity index is 2.35. The quantitative estimate of drug-likeness (QED) is 0.615. The minimum Gasteiger partial charge on any atom is -0.441 e. The maximum Gasteiger partial charge on any atom is 0.416 e. The first-order valence-electron chi connectivity index (χ1n) is 5.57. The van der Waals surface area contributed by atoms with Crippen molar-refractivity contribution in [3.8, 4) is 11.5 Å². The van der Waals surface area contributed by atoms with E-state index in [2.05, 4.69) is 20.9 Å². The van der Waals surface area contributed by atoms with Gasteiger partial charge < -0.3 is 4.42 Å². The van der Waals surface area contributed by atoms with Gasteiger partial charge in [0, 0.05) is 5.56 Å². The van der Waals surface area contributed by atoms with Gasteiger partial charge in [0.15, 0.2) is 5.78 Å². The van der Waals surface area contributed by atoms with E-state index in [0.29, 0.717) is 11.3 Å². The number of oxazole rings is 1. The highest BCUT2D eigenvalue weighted by atomic mass is 79.9. The van der Waals surface area contributed by atoms with Gasteiger partial charge >= 0.3 is 6.18 Å². The molecule has 1 aromatic carbocycles. The second-order valence-corrected chi connectivity index (χ2v) is 4.62. The Bertz CT molecular complexity index is 632. The predicted molar refractivity (Wildman–Crippen MR) is 69.8 cm³/mol. The van der Waals surface area contributed by atoms with E-state index in [1.807, 2.05) is 0 Å². The van der Waals surface area contributed by atoms with Crippen molar-refractivity contribution in [3.05, 3.63) is 41.3 Å². The zero-order valence-electron chi connectivity index (χ0n) is 10.3. The smallest absolute Gasteiger partial charge is 0.416 e. The molecule has 0 saturated carbocycles. The van der Waals surface area contributed by atoms with Gasteiger partial charge in [-0.3, -0.25) is 4.79 Å². The molecule has 0 spiro atoms. The van der Waals surface area contributed by atoms with Gasteiger partial charge in [-0.05, 0) is 31.2 Å². The van der Waals surface area contributed by atoms with Crippen molar-refractivity contribution in [1.82, 2.24) is 4.98 Å². The van der Waals surface area contributed by atoms with Gasteiger partial charge in [-0.1, -0.05) is 15.9 Å². The summed E-state index contributed by atoms with van der Waals surface area (Å²) < 4.78 is 42.7. The van der Waals surface area contributed by atoms with Crippen LogP contribution in [0.4, 0.5) is 13.2 Å². The summed E-state index contributed by atoms with van der Waals surface area (Å²) in [6, 6.07) is 4.41. The minimum atomic E-state index is -4.39. The summed E-state index contributed by atoms with van der Waals surface area (Å²) in [5.41, 5.74) is -0.187. The molecule has 0 radical (unpaired) electrons. The number of carbonyl (C=O) groups is 1. The van der Waals surface area contributed by atoms with Gasteiger partial charge in [0.2, 0.25) is 5.89 Å². The molecule has 0 aliphatic heterocycles. The van der Waals surface area contributed by atoms with E-state index in [1.165, 1.54) is 12.1 Å². The van der Waals surface area contributed by atoms with Crippen molar-refractivity contribution < 1.29 is 22.4 Å². The fourth-order valence-corrected chi connectivity index (χ4v) is 1.91. The van der Waals surface area contributed by atoms with E-state index in [0.717, 1.165) is 12.1 Å². The molecule has 0 fully saturated rings. The zero-order valence-corrected chi connectivity index (χ0v) is 11.9. The van der Waals surface area contributed by atoms with Gasteiger partial charge in [-0.2, -0.15) is 13.2 Å². The Kier molecular flexibility index (Phi) is 3.99. The van der Waals surface area contributed by atoms with Crippen LogP contribution in [0.2, 0.25) is 0 Å². The number of hydrogen-bond acceptors (Lipinski definition) is 3. The van der Waals surface area contributed by atoms with Crippen LogP contribution in [0.1, 0.15) is 21.8 Å². The van der Waals surface area contributed by atoms with Gasteiger partial charge in [-0.15, -0.1) is 0 Å². The molecule has 7 heteroatoms. The lowest BCUT2D eigenvalue weighted by atomic mass is 10.1. The maximum atomic E-state index is 12.5. The molecule has 106 valence electrons. The number of halogens is 4.